The number of rotatable bonds is 6. The average molecular weight is 276 g/mol. The van der Waals surface area contributed by atoms with Gasteiger partial charge in [0.15, 0.2) is 0 Å². The number of primary amides is 1. The Labute approximate surface area is 116 Å². The van der Waals surface area contributed by atoms with Gasteiger partial charge in [-0.2, -0.15) is 0 Å². The Hall–Kier alpha value is -2.37. The van der Waals surface area contributed by atoms with Gasteiger partial charge >= 0.3 is 5.97 Å². The van der Waals surface area contributed by atoms with Crippen molar-refractivity contribution in [1.82, 2.24) is 4.90 Å². The third kappa shape index (κ3) is 3.34. The minimum Gasteiger partial charge on any atom is -0.481 e. The Kier molecular flexibility index (Phi) is 4.02. The SMILES string of the molecule is NC(=O)c1ccc(C(=O)N(CCC(=O)O)C2CC2)cc1. The maximum absolute atomic E-state index is 12.3. The zero-order valence-corrected chi connectivity index (χ0v) is 10.9. The zero-order chi connectivity index (χ0) is 14.7. The van der Waals surface area contributed by atoms with E-state index in [1.54, 1.807) is 17.0 Å². The van der Waals surface area contributed by atoms with E-state index < -0.39 is 11.9 Å². The monoisotopic (exact) mass is 276 g/mol. The molecule has 106 valence electrons. The molecule has 0 saturated heterocycles. The number of benzene rings is 1. The lowest BCUT2D eigenvalue weighted by Gasteiger charge is -2.21. The normalized spacial score (nSPS) is 13.8. The van der Waals surface area contributed by atoms with Crippen LogP contribution in [0.3, 0.4) is 0 Å². The second-order valence-electron chi connectivity index (χ2n) is 4.82. The molecule has 6 heteroatoms. The molecule has 1 aromatic rings. The van der Waals surface area contributed by atoms with Crippen molar-refractivity contribution in [3.63, 3.8) is 0 Å². The molecule has 6 nitrogen and oxygen atoms in total. The summed E-state index contributed by atoms with van der Waals surface area (Å²) >= 11 is 0. The molecule has 1 aromatic carbocycles. The van der Waals surface area contributed by atoms with Gasteiger partial charge in [-0.05, 0) is 37.1 Å². The van der Waals surface area contributed by atoms with Crippen LogP contribution in [0.4, 0.5) is 0 Å². The highest BCUT2D eigenvalue weighted by Gasteiger charge is 2.33. The molecule has 0 radical (unpaired) electrons. The molecule has 1 aliphatic rings. The van der Waals surface area contributed by atoms with E-state index in [-0.39, 0.29) is 24.9 Å². The van der Waals surface area contributed by atoms with E-state index >= 15 is 0 Å². The van der Waals surface area contributed by atoms with Crippen molar-refractivity contribution in [3.8, 4) is 0 Å². The van der Waals surface area contributed by atoms with E-state index in [0.717, 1.165) is 12.8 Å². The van der Waals surface area contributed by atoms with Crippen molar-refractivity contribution >= 4 is 17.8 Å². The van der Waals surface area contributed by atoms with Crippen LogP contribution in [-0.2, 0) is 4.79 Å². The van der Waals surface area contributed by atoms with Crippen LogP contribution in [0.2, 0.25) is 0 Å². The Morgan fingerprint density at radius 2 is 1.70 bits per heavy atom. The van der Waals surface area contributed by atoms with Gasteiger partial charge in [0.05, 0.1) is 6.42 Å². The number of amides is 2. The van der Waals surface area contributed by atoms with Crippen LogP contribution in [0.5, 0.6) is 0 Å². The number of carboxylic acid groups (broad SMARTS) is 1. The first kappa shape index (κ1) is 14.0. The third-order valence-electron chi connectivity index (χ3n) is 3.23. The average Bonchev–Trinajstić information content (AvgIpc) is 3.23. The van der Waals surface area contributed by atoms with Crippen LogP contribution in [0.15, 0.2) is 24.3 Å². The van der Waals surface area contributed by atoms with Crippen molar-refractivity contribution < 1.29 is 19.5 Å². The molecule has 3 N–H and O–H groups in total. The Morgan fingerprint density at radius 1 is 1.15 bits per heavy atom. The van der Waals surface area contributed by atoms with Gasteiger partial charge in [0, 0.05) is 23.7 Å². The molecular formula is C14H16N2O4. The highest BCUT2D eigenvalue weighted by molar-refractivity contribution is 5.97. The van der Waals surface area contributed by atoms with E-state index in [0.29, 0.717) is 11.1 Å². The summed E-state index contributed by atoms with van der Waals surface area (Å²) in [6.07, 6.45) is 1.75. The van der Waals surface area contributed by atoms with E-state index in [4.69, 9.17) is 10.8 Å². The molecule has 0 heterocycles. The summed E-state index contributed by atoms with van der Waals surface area (Å²) in [7, 11) is 0. The summed E-state index contributed by atoms with van der Waals surface area (Å²) in [6, 6.07) is 6.21. The lowest BCUT2D eigenvalue weighted by atomic mass is 10.1. The first-order valence-electron chi connectivity index (χ1n) is 6.41. The fourth-order valence-electron chi connectivity index (χ4n) is 2.00. The van der Waals surface area contributed by atoms with Gasteiger partial charge in [-0.15, -0.1) is 0 Å². The molecule has 0 aromatic heterocycles. The van der Waals surface area contributed by atoms with Gasteiger partial charge < -0.3 is 15.7 Å². The molecule has 0 spiro atoms. The molecule has 20 heavy (non-hydrogen) atoms. The third-order valence-corrected chi connectivity index (χ3v) is 3.23. The summed E-state index contributed by atoms with van der Waals surface area (Å²) in [5.74, 6) is -1.67. The Morgan fingerprint density at radius 3 is 2.15 bits per heavy atom. The molecule has 1 fully saturated rings. The summed E-state index contributed by atoms with van der Waals surface area (Å²) in [5, 5.41) is 8.73. The lowest BCUT2D eigenvalue weighted by molar-refractivity contribution is -0.137. The largest absolute Gasteiger partial charge is 0.481 e. The first-order chi connectivity index (χ1) is 9.49. The van der Waals surface area contributed by atoms with Crippen LogP contribution >= 0.6 is 0 Å². The van der Waals surface area contributed by atoms with Crippen LogP contribution in [-0.4, -0.2) is 40.4 Å². The van der Waals surface area contributed by atoms with Crippen molar-refractivity contribution in [2.45, 2.75) is 25.3 Å². The van der Waals surface area contributed by atoms with Crippen molar-refractivity contribution in [3.05, 3.63) is 35.4 Å². The smallest absolute Gasteiger partial charge is 0.305 e. The summed E-state index contributed by atoms with van der Waals surface area (Å²) in [6.45, 7) is 0.205. The molecule has 2 rings (SSSR count). The van der Waals surface area contributed by atoms with E-state index in [9.17, 15) is 14.4 Å². The predicted octanol–water partition coefficient (Wildman–Crippen LogP) is 0.865. The van der Waals surface area contributed by atoms with Gasteiger partial charge in [-0.25, -0.2) is 0 Å². The molecular weight excluding hydrogens is 260 g/mol. The molecule has 0 bridgehead atoms. The molecule has 0 aliphatic heterocycles. The summed E-state index contributed by atoms with van der Waals surface area (Å²) < 4.78 is 0. The summed E-state index contributed by atoms with van der Waals surface area (Å²) in [5.41, 5.74) is 5.91. The molecule has 0 unspecified atom stereocenters. The van der Waals surface area contributed by atoms with E-state index in [1.807, 2.05) is 0 Å². The minimum atomic E-state index is -0.924. The topological polar surface area (TPSA) is 101 Å². The fraction of sp³-hybridized carbons (Fsp3) is 0.357. The number of hydrogen-bond acceptors (Lipinski definition) is 3. The van der Waals surface area contributed by atoms with Crippen LogP contribution in [0, 0.1) is 0 Å². The van der Waals surface area contributed by atoms with Gasteiger partial charge in [-0.3, -0.25) is 14.4 Å². The highest BCUT2D eigenvalue weighted by Crippen LogP contribution is 2.28. The number of nitrogens with zero attached hydrogens (tertiary/aromatic N) is 1. The number of hydrogen-bond donors (Lipinski definition) is 2. The van der Waals surface area contributed by atoms with Crippen LogP contribution in [0.1, 0.15) is 40.0 Å². The number of carbonyl (C=O) groups is 3. The number of nitrogens with two attached hydrogens (primary N) is 1. The predicted molar refractivity (Wildman–Crippen MR) is 71.3 cm³/mol. The standard InChI is InChI=1S/C14H16N2O4/c15-13(19)9-1-3-10(4-2-9)14(20)16(11-5-6-11)8-7-12(17)18/h1-4,11H,5-8H2,(H2,15,19)(H,17,18). The van der Waals surface area contributed by atoms with E-state index in [1.165, 1.54) is 12.1 Å². The van der Waals surface area contributed by atoms with Crippen molar-refractivity contribution in [1.29, 1.82) is 0 Å². The molecule has 2 amide bonds. The molecule has 1 aliphatic carbocycles. The fourth-order valence-corrected chi connectivity index (χ4v) is 2.00. The number of carbonyl (C=O) groups excluding carboxylic acids is 2. The van der Waals surface area contributed by atoms with Crippen molar-refractivity contribution in [2.24, 2.45) is 5.73 Å². The number of aliphatic carboxylic acids is 1. The quantitative estimate of drug-likeness (QED) is 0.804. The molecule has 0 atom stereocenters. The van der Waals surface area contributed by atoms with Gasteiger partial charge in [0.1, 0.15) is 0 Å². The minimum absolute atomic E-state index is 0.0678. The maximum atomic E-state index is 12.3. The van der Waals surface area contributed by atoms with Crippen LogP contribution in [0.25, 0.3) is 0 Å². The van der Waals surface area contributed by atoms with Gasteiger partial charge in [0.25, 0.3) is 5.91 Å². The molecule has 1 saturated carbocycles. The Bertz CT molecular complexity index is 535. The Balaban J connectivity index is 2.10. The highest BCUT2D eigenvalue weighted by atomic mass is 16.4. The lowest BCUT2D eigenvalue weighted by Crippen LogP contribution is -2.35. The van der Waals surface area contributed by atoms with Crippen molar-refractivity contribution in [2.75, 3.05) is 6.54 Å². The van der Waals surface area contributed by atoms with Gasteiger partial charge in [0.2, 0.25) is 5.91 Å². The maximum Gasteiger partial charge on any atom is 0.305 e. The van der Waals surface area contributed by atoms with Crippen LogP contribution < -0.4 is 5.73 Å². The summed E-state index contributed by atoms with van der Waals surface area (Å²) in [4.78, 5) is 35.5. The zero-order valence-electron chi connectivity index (χ0n) is 10.9. The van der Waals surface area contributed by atoms with E-state index in [2.05, 4.69) is 0 Å². The van der Waals surface area contributed by atoms with Gasteiger partial charge in [-0.1, -0.05) is 0 Å². The number of carboxylic acids is 1. The second kappa shape index (κ2) is 5.73. The second-order valence-corrected chi connectivity index (χ2v) is 4.82. The first-order valence-corrected chi connectivity index (χ1v) is 6.41.